The zero-order valence-electron chi connectivity index (χ0n) is 12.2. The minimum Gasteiger partial charge on any atom is -0.244 e. The van der Waals surface area contributed by atoms with Crippen LogP contribution in [0.15, 0.2) is 36.5 Å². The van der Waals surface area contributed by atoms with Gasteiger partial charge in [0.1, 0.15) is 5.01 Å². The van der Waals surface area contributed by atoms with E-state index in [0.717, 1.165) is 15.4 Å². The van der Waals surface area contributed by atoms with E-state index in [2.05, 4.69) is 9.71 Å². The van der Waals surface area contributed by atoms with Crippen molar-refractivity contribution in [1.82, 2.24) is 9.71 Å². The lowest BCUT2D eigenvalue weighted by Gasteiger charge is -2.21. The maximum atomic E-state index is 12.1. The third-order valence-corrected chi connectivity index (χ3v) is 5.72. The maximum Gasteiger partial charge on any atom is 0.123 e. The molecule has 2 rings (SSSR count). The fraction of sp³-hybridized carbons (Fsp3) is 0.400. The van der Waals surface area contributed by atoms with Crippen molar-refractivity contribution >= 4 is 22.3 Å². The summed E-state index contributed by atoms with van der Waals surface area (Å²) in [7, 11) is -1.07. The van der Waals surface area contributed by atoms with Crippen LogP contribution in [0.2, 0.25) is 0 Å². The highest BCUT2D eigenvalue weighted by Crippen LogP contribution is 2.29. The Morgan fingerprint density at radius 2 is 1.90 bits per heavy atom. The van der Waals surface area contributed by atoms with Crippen LogP contribution in [0.1, 0.15) is 38.6 Å². The van der Waals surface area contributed by atoms with Crippen molar-refractivity contribution in [3.63, 3.8) is 0 Å². The van der Waals surface area contributed by atoms with Crippen LogP contribution >= 0.6 is 11.3 Å². The van der Waals surface area contributed by atoms with E-state index in [4.69, 9.17) is 0 Å². The molecule has 0 spiro atoms. The zero-order chi connectivity index (χ0) is 14.8. The molecule has 108 valence electrons. The Morgan fingerprint density at radius 3 is 2.50 bits per heavy atom. The smallest absolute Gasteiger partial charge is 0.123 e. The summed E-state index contributed by atoms with van der Waals surface area (Å²) in [5, 5.41) is 0.996. The molecule has 2 aromatic rings. The number of benzene rings is 1. The predicted octanol–water partition coefficient (Wildman–Crippen LogP) is 3.92. The van der Waals surface area contributed by atoms with Gasteiger partial charge in [-0.1, -0.05) is 30.3 Å². The molecule has 20 heavy (non-hydrogen) atoms. The largest absolute Gasteiger partial charge is 0.244 e. The first kappa shape index (κ1) is 15.4. The molecule has 0 radical (unpaired) electrons. The lowest BCUT2D eigenvalue weighted by atomic mass is 10.2. The SMILES string of the molecule is C[C@@H](NS(=O)C(C)(C)C)c1cnc(-c2ccccc2)s1. The molecular weight excluding hydrogens is 288 g/mol. The summed E-state index contributed by atoms with van der Waals surface area (Å²) in [5.41, 5.74) is 1.12. The van der Waals surface area contributed by atoms with Crippen LogP contribution in [0, 0.1) is 0 Å². The number of hydrogen-bond acceptors (Lipinski definition) is 3. The molecule has 5 heteroatoms. The fourth-order valence-corrected chi connectivity index (χ4v) is 3.40. The van der Waals surface area contributed by atoms with Gasteiger partial charge in [-0.3, -0.25) is 0 Å². The lowest BCUT2D eigenvalue weighted by molar-refractivity contribution is 0.618. The number of aromatic nitrogens is 1. The molecule has 1 aromatic carbocycles. The Bertz CT molecular complexity index is 587. The van der Waals surface area contributed by atoms with E-state index in [0.29, 0.717) is 0 Å². The van der Waals surface area contributed by atoms with Gasteiger partial charge in [0.05, 0.1) is 21.8 Å². The molecule has 0 aliphatic rings. The monoisotopic (exact) mass is 308 g/mol. The third kappa shape index (κ3) is 3.75. The van der Waals surface area contributed by atoms with Crippen molar-refractivity contribution in [3.05, 3.63) is 41.4 Å². The molecule has 1 aromatic heterocycles. The summed E-state index contributed by atoms with van der Waals surface area (Å²) in [4.78, 5) is 5.56. The van der Waals surface area contributed by atoms with Crippen LogP contribution < -0.4 is 4.72 Å². The average molecular weight is 308 g/mol. The normalized spacial score (nSPS) is 15.0. The molecule has 1 heterocycles. The van der Waals surface area contributed by atoms with Gasteiger partial charge in [0.15, 0.2) is 0 Å². The summed E-state index contributed by atoms with van der Waals surface area (Å²) >= 11 is 1.64. The van der Waals surface area contributed by atoms with Crippen LogP contribution in [-0.2, 0) is 11.0 Å². The van der Waals surface area contributed by atoms with Crippen LogP contribution in [0.25, 0.3) is 10.6 Å². The van der Waals surface area contributed by atoms with Crippen molar-refractivity contribution in [3.8, 4) is 10.6 Å². The second-order valence-corrected chi connectivity index (χ2v) is 8.71. The van der Waals surface area contributed by atoms with Gasteiger partial charge in [-0.05, 0) is 27.7 Å². The van der Waals surface area contributed by atoms with Crippen molar-refractivity contribution in [1.29, 1.82) is 0 Å². The Balaban J connectivity index is 2.11. The topological polar surface area (TPSA) is 42.0 Å². The molecule has 0 fully saturated rings. The van der Waals surface area contributed by atoms with E-state index < -0.39 is 11.0 Å². The maximum absolute atomic E-state index is 12.1. The molecule has 0 aliphatic heterocycles. The van der Waals surface area contributed by atoms with Gasteiger partial charge in [-0.25, -0.2) is 13.9 Å². The summed E-state index contributed by atoms with van der Waals surface area (Å²) in [6.07, 6.45) is 1.87. The van der Waals surface area contributed by atoms with E-state index >= 15 is 0 Å². The van der Waals surface area contributed by atoms with E-state index in [1.807, 2.05) is 64.2 Å². The zero-order valence-corrected chi connectivity index (χ0v) is 13.8. The molecule has 0 bridgehead atoms. The van der Waals surface area contributed by atoms with E-state index in [1.165, 1.54) is 0 Å². The van der Waals surface area contributed by atoms with Gasteiger partial charge >= 0.3 is 0 Å². The van der Waals surface area contributed by atoms with Crippen LogP contribution in [0.3, 0.4) is 0 Å². The molecule has 1 unspecified atom stereocenters. The Hall–Kier alpha value is -1.04. The van der Waals surface area contributed by atoms with Gasteiger partial charge < -0.3 is 0 Å². The predicted molar refractivity (Wildman–Crippen MR) is 87.0 cm³/mol. The van der Waals surface area contributed by atoms with Crippen molar-refractivity contribution in [2.45, 2.75) is 38.5 Å². The molecule has 0 saturated heterocycles. The number of thiazole rings is 1. The van der Waals surface area contributed by atoms with E-state index in [1.54, 1.807) is 11.3 Å². The summed E-state index contributed by atoms with van der Waals surface area (Å²) in [5.74, 6) is 0. The minimum atomic E-state index is -1.07. The highest BCUT2D eigenvalue weighted by molar-refractivity contribution is 7.84. The quantitative estimate of drug-likeness (QED) is 0.930. The lowest BCUT2D eigenvalue weighted by Crippen LogP contribution is -2.34. The van der Waals surface area contributed by atoms with Gasteiger partial charge in [-0.15, -0.1) is 11.3 Å². The van der Waals surface area contributed by atoms with Crippen LogP contribution in [0.5, 0.6) is 0 Å². The molecule has 0 saturated carbocycles. The van der Waals surface area contributed by atoms with Gasteiger partial charge in [0.2, 0.25) is 0 Å². The highest BCUT2D eigenvalue weighted by atomic mass is 32.2. The van der Waals surface area contributed by atoms with Gasteiger partial charge in [-0.2, -0.15) is 0 Å². The minimum absolute atomic E-state index is 0.0324. The molecule has 3 nitrogen and oxygen atoms in total. The number of nitrogens with zero attached hydrogens (tertiary/aromatic N) is 1. The number of nitrogens with one attached hydrogen (secondary N) is 1. The van der Waals surface area contributed by atoms with Crippen molar-refractivity contribution < 1.29 is 4.21 Å². The van der Waals surface area contributed by atoms with Crippen LogP contribution in [-0.4, -0.2) is 13.9 Å². The fourth-order valence-electron chi connectivity index (χ4n) is 1.60. The number of rotatable bonds is 4. The highest BCUT2D eigenvalue weighted by Gasteiger charge is 2.22. The summed E-state index contributed by atoms with van der Waals surface area (Å²) in [6.45, 7) is 7.91. The average Bonchev–Trinajstić information content (AvgIpc) is 2.88. The summed E-state index contributed by atoms with van der Waals surface area (Å²) in [6, 6.07) is 10.1. The van der Waals surface area contributed by atoms with Crippen molar-refractivity contribution in [2.24, 2.45) is 0 Å². The number of hydrogen-bond donors (Lipinski definition) is 1. The first-order valence-corrected chi connectivity index (χ1v) is 8.54. The first-order chi connectivity index (χ1) is 9.38. The van der Waals surface area contributed by atoms with E-state index in [-0.39, 0.29) is 10.8 Å². The molecular formula is C15H20N2OS2. The van der Waals surface area contributed by atoms with Crippen LogP contribution in [0.4, 0.5) is 0 Å². The van der Waals surface area contributed by atoms with Gasteiger partial charge in [0.25, 0.3) is 0 Å². The Morgan fingerprint density at radius 1 is 1.25 bits per heavy atom. The summed E-state index contributed by atoms with van der Waals surface area (Å²) < 4.78 is 15.0. The third-order valence-electron chi connectivity index (χ3n) is 2.81. The molecule has 0 amide bonds. The Labute approximate surface area is 127 Å². The Kier molecular flexibility index (Phi) is 4.73. The van der Waals surface area contributed by atoms with E-state index in [9.17, 15) is 4.21 Å². The van der Waals surface area contributed by atoms with Gasteiger partial charge in [0, 0.05) is 16.6 Å². The molecule has 0 aliphatic carbocycles. The second-order valence-electron chi connectivity index (χ2n) is 5.65. The van der Waals surface area contributed by atoms with Crippen molar-refractivity contribution in [2.75, 3.05) is 0 Å². The second kappa shape index (κ2) is 6.16. The standard InChI is InChI=1S/C15H20N2OS2/c1-11(17-20(18)15(2,3)4)13-10-16-14(19-13)12-8-6-5-7-9-12/h5-11,17H,1-4H3/t11-,20?/m1/s1. The molecule has 2 atom stereocenters. The molecule has 1 N–H and O–H groups in total. The first-order valence-electron chi connectivity index (χ1n) is 6.57.